The normalized spacial score (nSPS) is 16.9. The van der Waals surface area contributed by atoms with Crippen molar-refractivity contribution in [3.05, 3.63) is 30.1 Å². The predicted octanol–water partition coefficient (Wildman–Crippen LogP) is -0.460. The quantitative estimate of drug-likeness (QED) is 0.664. The number of hydrogen-bond acceptors (Lipinski definition) is 4. The molecule has 5 heteroatoms. The number of nitrogens with zero attached hydrogens (tertiary/aromatic N) is 2. The standard InChI is InChI=1S/C10H11N3O2/c14-9-5-12-6-10(15)13(9)7-8-2-1-3-11-4-8/h1-4,12H,5-7H2. The molecule has 0 atom stereocenters. The average molecular weight is 205 g/mol. The molecule has 0 aliphatic carbocycles. The fraction of sp³-hybridized carbons (Fsp3) is 0.300. The average Bonchev–Trinajstić information content (AvgIpc) is 2.25. The topological polar surface area (TPSA) is 62.3 Å². The molecule has 0 radical (unpaired) electrons. The third kappa shape index (κ3) is 2.19. The molecule has 0 unspecified atom stereocenters. The first-order valence-electron chi connectivity index (χ1n) is 4.70. The molecule has 0 saturated carbocycles. The molecule has 1 aromatic heterocycles. The maximum atomic E-state index is 11.4. The van der Waals surface area contributed by atoms with Crippen molar-refractivity contribution in [2.75, 3.05) is 13.1 Å². The van der Waals surface area contributed by atoms with Crippen molar-refractivity contribution < 1.29 is 9.59 Å². The van der Waals surface area contributed by atoms with Crippen molar-refractivity contribution in [1.82, 2.24) is 15.2 Å². The Kier molecular flexibility index (Phi) is 2.73. The molecular formula is C10H11N3O2. The Bertz CT molecular complexity index is 362. The minimum atomic E-state index is -0.185. The molecule has 1 fully saturated rings. The van der Waals surface area contributed by atoms with E-state index < -0.39 is 0 Å². The summed E-state index contributed by atoms with van der Waals surface area (Å²) in [6.45, 7) is 0.769. The van der Waals surface area contributed by atoms with Crippen molar-refractivity contribution in [2.45, 2.75) is 6.54 Å². The molecule has 1 saturated heterocycles. The molecule has 0 spiro atoms. The zero-order valence-electron chi connectivity index (χ0n) is 8.14. The van der Waals surface area contributed by atoms with Gasteiger partial charge in [-0.15, -0.1) is 0 Å². The monoisotopic (exact) mass is 205 g/mol. The number of pyridine rings is 1. The lowest BCUT2D eigenvalue weighted by molar-refractivity contribution is -0.147. The van der Waals surface area contributed by atoms with Crippen LogP contribution in [0.1, 0.15) is 5.56 Å². The van der Waals surface area contributed by atoms with E-state index in [2.05, 4.69) is 10.3 Å². The molecule has 2 rings (SSSR count). The first-order valence-corrected chi connectivity index (χ1v) is 4.70. The molecule has 15 heavy (non-hydrogen) atoms. The molecule has 1 N–H and O–H groups in total. The molecule has 2 amide bonds. The van der Waals surface area contributed by atoms with Crippen LogP contribution in [0.3, 0.4) is 0 Å². The number of hydrogen-bond donors (Lipinski definition) is 1. The van der Waals surface area contributed by atoms with Crippen LogP contribution in [0.2, 0.25) is 0 Å². The Morgan fingerprint density at radius 3 is 2.67 bits per heavy atom. The second-order valence-electron chi connectivity index (χ2n) is 3.34. The van der Waals surface area contributed by atoms with Gasteiger partial charge in [-0.25, -0.2) is 0 Å². The third-order valence-corrected chi connectivity index (χ3v) is 2.22. The SMILES string of the molecule is O=C1CNCC(=O)N1Cc1cccnc1. The van der Waals surface area contributed by atoms with Crippen molar-refractivity contribution in [3.63, 3.8) is 0 Å². The lowest BCUT2D eigenvalue weighted by Crippen LogP contribution is -2.51. The van der Waals surface area contributed by atoms with E-state index in [1.165, 1.54) is 4.90 Å². The maximum absolute atomic E-state index is 11.4. The van der Waals surface area contributed by atoms with Gasteiger partial charge in [-0.3, -0.25) is 24.8 Å². The van der Waals surface area contributed by atoms with Crippen molar-refractivity contribution in [3.8, 4) is 0 Å². The fourth-order valence-electron chi connectivity index (χ4n) is 1.46. The van der Waals surface area contributed by atoms with E-state index in [4.69, 9.17) is 0 Å². The molecule has 0 bridgehead atoms. The molecule has 1 aliphatic heterocycles. The van der Waals surface area contributed by atoms with Gasteiger partial charge in [-0.1, -0.05) is 6.07 Å². The summed E-state index contributed by atoms with van der Waals surface area (Å²) >= 11 is 0. The van der Waals surface area contributed by atoms with Crippen LogP contribution in [-0.2, 0) is 16.1 Å². The number of imide groups is 1. The van der Waals surface area contributed by atoms with Gasteiger partial charge in [0, 0.05) is 12.4 Å². The van der Waals surface area contributed by atoms with Gasteiger partial charge in [0.25, 0.3) is 0 Å². The summed E-state index contributed by atoms with van der Waals surface area (Å²) in [4.78, 5) is 28.1. The maximum Gasteiger partial charge on any atom is 0.243 e. The third-order valence-electron chi connectivity index (χ3n) is 2.22. The zero-order valence-corrected chi connectivity index (χ0v) is 8.14. The number of piperazine rings is 1. The Hall–Kier alpha value is -1.75. The highest BCUT2D eigenvalue weighted by Gasteiger charge is 2.25. The molecule has 5 nitrogen and oxygen atoms in total. The van der Waals surface area contributed by atoms with Crippen molar-refractivity contribution in [1.29, 1.82) is 0 Å². The van der Waals surface area contributed by atoms with Crippen LogP contribution < -0.4 is 5.32 Å². The highest BCUT2D eigenvalue weighted by Crippen LogP contribution is 2.05. The van der Waals surface area contributed by atoms with E-state index in [0.29, 0.717) is 6.54 Å². The van der Waals surface area contributed by atoms with Gasteiger partial charge in [0.2, 0.25) is 11.8 Å². The Balaban J connectivity index is 2.10. The first-order chi connectivity index (χ1) is 7.27. The van der Waals surface area contributed by atoms with E-state index >= 15 is 0 Å². The Morgan fingerprint density at radius 1 is 1.33 bits per heavy atom. The van der Waals surface area contributed by atoms with Gasteiger partial charge in [-0.05, 0) is 11.6 Å². The van der Waals surface area contributed by atoms with E-state index in [9.17, 15) is 9.59 Å². The van der Waals surface area contributed by atoms with Crippen LogP contribution in [-0.4, -0.2) is 34.8 Å². The highest BCUT2D eigenvalue weighted by atomic mass is 16.2. The minimum absolute atomic E-state index is 0.185. The number of carbonyl (C=O) groups excluding carboxylic acids is 2. The van der Waals surface area contributed by atoms with Gasteiger partial charge in [0.05, 0.1) is 19.6 Å². The summed E-state index contributed by atoms with van der Waals surface area (Å²) in [6.07, 6.45) is 3.31. The molecule has 0 aromatic carbocycles. The van der Waals surface area contributed by atoms with E-state index in [0.717, 1.165) is 5.56 Å². The second kappa shape index (κ2) is 4.18. The van der Waals surface area contributed by atoms with Gasteiger partial charge in [-0.2, -0.15) is 0 Å². The summed E-state index contributed by atoms with van der Waals surface area (Å²) in [5.74, 6) is -0.370. The van der Waals surface area contributed by atoms with Crippen LogP contribution in [0.4, 0.5) is 0 Å². The molecule has 1 aromatic rings. The lowest BCUT2D eigenvalue weighted by atomic mass is 10.2. The van der Waals surface area contributed by atoms with Crippen LogP contribution >= 0.6 is 0 Å². The number of rotatable bonds is 2. The Morgan fingerprint density at radius 2 is 2.07 bits per heavy atom. The number of amides is 2. The Labute approximate surface area is 87.1 Å². The number of carbonyl (C=O) groups is 2. The predicted molar refractivity (Wildman–Crippen MR) is 52.7 cm³/mol. The fourth-order valence-corrected chi connectivity index (χ4v) is 1.46. The smallest absolute Gasteiger partial charge is 0.243 e. The van der Waals surface area contributed by atoms with E-state index in [1.54, 1.807) is 18.5 Å². The molecule has 1 aliphatic rings. The summed E-state index contributed by atoms with van der Waals surface area (Å²) < 4.78 is 0. The van der Waals surface area contributed by atoms with Crippen LogP contribution in [0.25, 0.3) is 0 Å². The van der Waals surface area contributed by atoms with Gasteiger partial charge < -0.3 is 0 Å². The van der Waals surface area contributed by atoms with Crippen LogP contribution in [0.5, 0.6) is 0 Å². The second-order valence-corrected chi connectivity index (χ2v) is 3.34. The van der Waals surface area contributed by atoms with Crippen molar-refractivity contribution in [2.24, 2.45) is 0 Å². The largest absolute Gasteiger partial charge is 0.300 e. The number of aromatic nitrogens is 1. The van der Waals surface area contributed by atoms with Gasteiger partial charge in [0.15, 0.2) is 0 Å². The first kappa shape index (κ1) is 9.79. The lowest BCUT2D eigenvalue weighted by Gasteiger charge is -2.25. The number of nitrogens with one attached hydrogen (secondary N) is 1. The highest BCUT2D eigenvalue weighted by molar-refractivity contribution is 5.99. The van der Waals surface area contributed by atoms with E-state index in [1.807, 2.05) is 6.07 Å². The molecular weight excluding hydrogens is 194 g/mol. The van der Waals surface area contributed by atoms with Gasteiger partial charge in [0.1, 0.15) is 0 Å². The molecule has 78 valence electrons. The summed E-state index contributed by atoms with van der Waals surface area (Å²) in [5, 5.41) is 2.74. The summed E-state index contributed by atoms with van der Waals surface area (Å²) in [7, 11) is 0. The van der Waals surface area contributed by atoms with Crippen molar-refractivity contribution >= 4 is 11.8 Å². The minimum Gasteiger partial charge on any atom is -0.300 e. The summed E-state index contributed by atoms with van der Waals surface area (Å²) in [5.41, 5.74) is 0.862. The van der Waals surface area contributed by atoms with Crippen LogP contribution in [0, 0.1) is 0 Å². The zero-order chi connectivity index (χ0) is 10.7. The summed E-state index contributed by atoms with van der Waals surface area (Å²) in [6, 6.07) is 3.63. The molecule has 2 heterocycles. The van der Waals surface area contributed by atoms with Gasteiger partial charge >= 0.3 is 0 Å². The van der Waals surface area contributed by atoms with E-state index in [-0.39, 0.29) is 24.9 Å². The van der Waals surface area contributed by atoms with Crippen LogP contribution in [0.15, 0.2) is 24.5 Å².